The number of likely N-dealkylation sites (tertiary alicyclic amines) is 1. The molecule has 1 atom stereocenters. The van der Waals surface area contributed by atoms with Crippen LogP contribution in [0.3, 0.4) is 0 Å². The third-order valence-electron chi connectivity index (χ3n) is 5.65. The van der Waals surface area contributed by atoms with Gasteiger partial charge in [0.15, 0.2) is 0 Å². The van der Waals surface area contributed by atoms with Gasteiger partial charge in [0, 0.05) is 17.0 Å². The van der Waals surface area contributed by atoms with Crippen LogP contribution in [0, 0.1) is 0 Å². The summed E-state index contributed by atoms with van der Waals surface area (Å²) in [5.41, 5.74) is 1.74. The minimum Gasteiger partial charge on any atom is -0.466 e. The van der Waals surface area contributed by atoms with Gasteiger partial charge in [-0.15, -0.1) is 0 Å². The van der Waals surface area contributed by atoms with Crippen molar-refractivity contribution >= 4 is 17.3 Å². The van der Waals surface area contributed by atoms with E-state index in [1.807, 2.05) is 30.3 Å². The summed E-state index contributed by atoms with van der Waals surface area (Å²) in [7, 11) is 2.24. The average molecular weight is 359 g/mol. The fraction of sp³-hybridized carbons (Fsp3) is 0.421. The third-order valence-corrected chi connectivity index (χ3v) is 5.88. The normalized spacial score (nSPS) is 30.6. The Kier molecular flexibility index (Phi) is 3.37. The van der Waals surface area contributed by atoms with Gasteiger partial charge in [-0.2, -0.15) is 5.10 Å². The molecule has 130 valence electrons. The lowest BCUT2D eigenvalue weighted by Crippen LogP contribution is -3.11. The molecule has 1 N–H and O–H groups in total. The van der Waals surface area contributed by atoms with Crippen LogP contribution in [0.4, 0.5) is 0 Å². The highest BCUT2D eigenvalue weighted by Gasteiger charge is 2.52. The molecule has 0 unspecified atom stereocenters. The highest BCUT2D eigenvalue weighted by molar-refractivity contribution is 6.30. The van der Waals surface area contributed by atoms with Crippen LogP contribution in [0.15, 0.2) is 46.1 Å². The number of halogens is 1. The molecule has 1 saturated heterocycles. The molecule has 1 aromatic carbocycles. The van der Waals surface area contributed by atoms with Crippen LogP contribution in [-0.2, 0) is 0 Å². The second-order valence-electron chi connectivity index (χ2n) is 7.28. The SMILES string of the molecule is C[NH+]1CCC2(CC1)Oc1ccc(Cl)cc1[C@H]1CC(c3ccco3)=NN12. The molecular formula is C19H21ClN3O2+. The van der Waals surface area contributed by atoms with E-state index < -0.39 is 0 Å². The predicted octanol–water partition coefficient (Wildman–Crippen LogP) is 2.48. The van der Waals surface area contributed by atoms with Gasteiger partial charge < -0.3 is 14.1 Å². The van der Waals surface area contributed by atoms with E-state index in [0.717, 1.165) is 60.2 Å². The van der Waals surface area contributed by atoms with E-state index in [0.29, 0.717) is 0 Å². The Labute approximate surface area is 151 Å². The molecule has 0 amide bonds. The van der Waals surface area contributed by atoms with Gasteiger partial charge in [-0.1, -0.05) is 11.6 Å². The van der Waals surface area contributed by atoms with Gasteiger partial charge in [0.25, 0.3) is 0 Å². The maximum Gasteiger partial charge on any atom is 0.208 e. The number of hydrogen-bond acceptors (Lipinski definition) is 4. The van der Waals surface area contributed by atoms with Crippen molar-refractivity contribution in [3.8, 4) is 5.75 Å². The van der Waals surface area contributed by atoms with E-state index in [4.69, 9.17) is 25.9 Å². The maximum atomic E-state index is 6.56. The number of nitrogens with one attached hydrogen (secondary N) is 1. The van der Waals surface area contributed by atoms with Crippen LogP contribution in [0.25, 0.3) is 0 Å². The molecule has 25 heavy (non-hydrogen) atoms. The molecule has 0 radical (unpaired) electrons. The van der Waals surface area contributed by atoms with Crippen molar-refractivity contribution in [1.29, 1.82) is 0 Å². The third kappa shape index (κ3) is 2.37. The fourth-order valence-electron chi connectivity index (χ4n) is 4.24. The van der Waals surface area contributed by atoms with E-state index in [2.05, 4.69) is 12.1 Å². The number of rotatable bonds is 1. The van der Waals surface area contributed by atoms with Crippen LogP contribution >= 0.6 is 11.6 Å². The molecule has 2 aromatic rings. The van der Waals surface area contributed by atoms with E-state index in [1.54, 1.807) is 11.2 Å². The van der Waals surface area contributed by atoms with Crippen molar-refractivity contribution < 1.29 is 14.1 Å². The Balaban J connectivity index is 1.60. The smallest absolute Gasteiger partial charge is 0.208 e. The number of nitrogens with zero attached hydrogens (tertiary/aromatic N) is 2. The molecular weight excluding hydrogens is 338 g/mol. The van der Waals surface area contributed by atoms with Crippen molar-refractivity contribution in [3.05, 3.63) is 52.9 Å². The topological polar surface area (TPSA) is 42.4 Å². The first-order valence-electron chi connectivity index (χ1n) is 8.85. The second-order valence-corrected chi connectivity index (χ2v) is 7.71. The van der Waals surface area contributed by atoms with E-state index in [9.17, 15) is 0 Å². The summed E-state index contributed by atoms with van der Waals surface area (Å²) in [5, 5.41) is 7.89. The van der Waals surface area contributed by atoms with Gasteiger partial charge in [0.2, 0.25) is 5.72 Å². The fourth-order valence-corrected chi connectivity index (χ4v) is 4.42. The number of hydrazone groups is 1. The van der Waals surface area contributed by atoms with Crippen molar-refractivity contribution in [2.24, 2.45) is 5.10 Å². The molecule has 3 aliphatic heterocycles. The number of hydrogen-bond donors (Lipinski definition) is 1. The minimum atomic E-state index is -0.362. The summed E-state index contributed by atoms with van der Waals surface area (Å²) in [4.78, 5) is 1.54. The average Bonchev–Trinajstić information content (AvgIpc) is 3.28. The Hall–Kier alpha value is -1.98. The molecule has 5 rings (SSSR count). The molecule has 0 bridgehead atoms. The second kappa shape index (κ2) is 5.51. The number of furan rings is 1. The Morgan fingerprint density at radius 3 is 2.88 bits per heavy atom. The Bertz CT molecular complexity index is 825. The zero-order chi connectivity index (χ0) is 17.0. The monoisotopic (exact) mass is 358 g/mol. The van der Waals surface area contributed by atoms with Gasteiger partial charge in [-0.3, -0.25) is 0 Å². The van der Waals surface area contributed by atoms with Crippen molar-refractivity contribution in [2.45, 2.75) is 31.0 Å². The van der Waals surface area contributed by atoms with Crippen LogP contribution < -0.4 is 9.64 Å². The molecule has 5 nitrogen and oxygen atoms in total. The molecule has 0 aliphatic carbocycles. The predicted molar refractivity (Wildman–Crippen MR) is 95.1 cm³/mol. The summed E-state index contributed by atoms with van der Waals surface area (Å²) in [5.74, 6) is 1.78. The van der Waals surface area contributed by atoms with Gasteiger partial charge >= 0.3 is 0 Å². The molecule has 6 heteroatoms. The van der Waals surface area contributed by atoms with Crippen molar-refractivity contribution in [2.75, 3.05) is 20.1 Å². The lowest BCUT2D eigenvalue weighted by atomic mass is 9.91. The number of ether oxygens (including phenoxy) is 1. The standard InChI is InChI=1S/C19H20ClN3O2/c1-22-8-6-19(7-9-22)23-16(12-15(21-23)18-3-2-10-24-18)14-11-13(20)4-5-17(14)25-19/h2-5,10-11,16H,6-9,12H2,1H3/p+1/t16-/m1/s1. The molecule has 3 aliphatic rings. The van der Waals surface area contributed by atoms with Gasteiger partial charge in [-0.25, -0.2) is 5.01 Å². The van der Waals surface area contributed by atoms with Crippen LogP contribution in [0.5, 0.6) is 5.75 Å². The zero-order valence-electron chi connectivity index (χ0n) is 14.2. The highest BCUT2D eigenvalue weighted by Crippen LogP contribution is 2.49. The summed E-state index contributed by atoms with van der Waals surface area (Å²) in [6.45, 7) is 2.16. The molecule has 1 fully saturated rings. The number of fused-ring (bicyclic) bond motifs is 4. The quantitative estimate of drug-likeness (QED) is 0.851. The summed E-state index contributed by atoms with van der Waals surface area (Å²) in [6, 6.07) is 9.97. The lowest BCUT2D eigenvalue weighted by molar-refractivity contribution is -0.888. The highest BCUT2D eigenvalue weighted by atomic mass is 35.5. The lowest BCUT2D eigenvalue weighted by Gasteiger charge is -2.49. The molecule has 1 spiro atoms. The maximum absolute atomic E-state index is 6.56. The summed E-state index contributed by atoms with van der Waals surface area (Å²) >= 11 is 6.27. The number of piperidine rings is 1. The van der Waals surface area contributed by atoms with Crippen LogP contribution in [0.1, 0.15) is 36.6 Å². The Morgan fingerprint density at radius 1 is 1.28 bits per heavy atom. The number of quaternary nitrogens is 1. The summed E-state index contributed by atoms with van der Waals surface area (Å²) in [6.07, 6.45) is 4.44. The molecule has 1 aromatic heterocycles. The van der Waals surface area contributed by atoms with Gasteiger partial charge in [-0.05, 0) is 30.3 Å². The molecule has 4 heterocycles. The van der Waals surface area contributed by atoms with Gasteiger partial charge in [0.1, 0.15) is 17.2 Å². The van der Waals surface area contributed by atoms with Crippen LogP contribution in [-0.4, -0.2) is 36.6 Å². The zero-order valence-corrected chi connectivity index (χ0v) is 14.9. The van der Waals surface area contributed by atoms with E-state index >= 15 is 0 Å². The minimum absolute atomic E-state index is 0.154. The van der Waals surface area contributed by atoms with Crippen LogP contribution in [0.2, 0.25) is 5.02 Å². The first-order valence-corrected chi connectivity index (χ1v) is 9.23. The van der Waals surface area contributed by atoms with Crippen molar-refractivity contribution in [3.63, 3.8) is 0 Å². The first kappa shape index (κ1) is 15.3. The van der Waals surface area contributed by atoms with Gasteiger partial charge in [0.05, 0.1) is 45.3 Å². The van der Waals surface area contributed by atoms with E-state index in [1.165, 1.54) is 0 Å². The molecule has 0 saturated carbocycles. The van der Waals surface area contributed by atoms with Crippen molar-refractivity contribution in [1.82, 2.24) is 5.01 Å². The van der Waals surface area contributed by atoms with E-state index in [-0.39, 0.29) is 11.8 Å². The Morgan fingerprint density at radius 2 is 2.12 bits per heavy atom. The largest absolute Gasteiger partial charge is 0.466 e. The summed E-state index contributed by atoms with van der Waals surface area (Å²) < 4.78 is 12.2. The first-order chi connectivity index (χ1) is 12.1. The number of benzene rings is 1.